The molecule has 0 atom stereocenters. The van der Waals surface area contributed by atoms with E-state index in [-0.39, 0.29) is 0 Å². The van der Waals surface area contributed by atoms with Crippen LogP contribution in [0, 0.1) is 0 Å². The largest absolute Gasteiger partial charge is 0.399 e. The monoisotopic (exact) mass is 246 g/mol. The zero-order chi connectivity index (χ0) is 11.7. The average Bonchev–Trinajstić information content (AvgIpc) is 3.01. The molecule has 1 aliphatic rings. The number of rotatable bonds is 4. The van der Waals surface area contributed by atoms with Crippen LogP contribution in [0.3, 0.4) is 0 Å². The lowest BCUT2D eigenvalue weighted by molar-refractivity contribution is 0.781. The molecule has 1 aliphatic carbocycles. The Morgan fingerprint density at radius 3 is 2.94 bits per heavy atom. The van der Waals surface area contributed by atoms with Gasteiger partial charge in [-0.25, -0.2) is 0 Å². The predicted octanol–water partition coefficient (Wildman–Crippen LogP) is 2.29. The number of hydrogen-bond acceptors (Lipinski definition) is 5. The van der Waals surface area contributed by atoms with Gasteiger partial charge >= 0.3 is 0 Å². The fraction of sp³-hybridized carbons (Fsp3) is 0.333. The van der Waals surface area contributed by atoms with E-state index in [9.17, 15) is 0 Å². The second-order valence-corrected chi connectivity index (χ2v) is 5.14. The van der Waals surface area contributed by atoms with E-state index < -0.39 is 0 Å². The van der Waals surface area contributed by atoms with Crippen LogP contribution in [0.15, 0.2) is 29.8 Å². The van der Waals surface area contributed by atoms with Gasteiger partial charge < -0.3 is 10.6 Å². The number of nitrogens with two attached hydrogens (primary N) is 1. The first-order valence-corrected chi connectivity index (χ1v) is 6.58. The summed E-state index contributed by atoms with van der Waals surface area (Å²) in [5, 5.41) is 9.08. The first-order chi connectivity index (χ1) is 8.33. The topological polar surface area (TPSA) is 55.0 Å². The zero-order valence-corrected chi connectivity index (χ0v) is 10.2. The van der Waals surface area contributed by atoms with Crippen LogP contribution in [-0.2, 0) is 6.54 Å². The highest BCUT2D eigenvalue weighted by atomic mass is 32.1. The second kappa shape index (κ2) is 4.33. The number of benzene rings is 1. The van der Waals surface area contributed by atoms with Gasteiger partial charge in [0.05, 0.1) is 0 Å². The third-order valence-electron chi connectivity index (χ3n) is 2.89. The minimum absolute atomic E-state index is 0.629. The number of hydrogen-bond donors (Lipinski definition) is 1. The Bertz CT molecular complexity index is 493. The summed E-state index contributed by atoms with van der Waals surface area (Å²) in [6, 6.07) is 8.67. The first-order valence-electron chi connectivity index (χ1n) is 5.70. The van der Waals surface area contributed by atoms with Crippen LogP contribution < -0.4 is 10.6 Å². The zero-order valence-electron chi connectivity index (χ0n) is 9.41. The van der Waals surface area contributed by atoms with Crippen molar-refractivity contribution in [3.63, 3.8) is 0 Å². The number of anilines is 2. The third-order valence-corrected chi connectivity index (χ3v) is 3.61. The Balaban J connectivity index is 1.81. The fourth-order valence-corrected chi connectivity index (χ4v) is 2.55. The van der Waals surface area contributed by atoms with E-state index in [2.05, 4.69) is 21.2 Å². The molecule has 2 aromatic rings. The molecule has 1 aromatic carbocycles. The van der Waals surface area contributed by atoms with Crippen molar-refractivity contribution >= 4 is 22.2 Å². The minimum Gasteiger partial charge on any atom is -0.399 e. The van der Waals surface area contributed by atoms with E-state index >= 15 is 0 Å². The number of aromatic nitrogens is 2. The van der Waals surface area contributed by atoms with E-state index in [1.807, 2.05) is 18.2 Å². The Hall–Kier alpha value is -1.62. The smallest absolute Gasteiger partial charge is 0.208 e. The SMILES string of the molecule is Nc1cccc(CN(c2nncs2)C2CC2)c1. The van der Waals surface area contributed by atoms with E-state index in [0.717, 1.165) is 17.4 Å². The van der Waals surface area contributed by atoms with E-state index in [4.69, 9.17) is 5.73 Å². The predicted molar refractivity (Wildman–Crippen MR) is 70.0 cm³/mol. The number of nitrogen functional groups attached to an aromatic ring is 1. The molecule has 2 N–H and O–H groups in total. The molecule has 17 heavy (non-hydrogen) atoms. The molecular weight excluding hydrogens is 232 g/mol. The van der Waals surface area contributed by atoms with Gasteiger partial charge in [0.2, 0.25) is 5.13 Å². The van der Waals surface area contributed by atoms with Gasteiger partial charge in [-0.15, -0.1) is 10.2 Å². The van der Waals surface area contributed by atoms with Crippen molar-refractivity contribution in [2.24, 2.45) is 0 Å². The lowest BCUT2D eigenvalue weighted by Gasteiger charge is -2.20. The first kappa shape index (κ1) is 10.5. The highest BCUT2D eigenvalue weighted by Crippen LogP contribution is 2.33. The Kier molecular flexibility index (Phi) is 2.68. The van der Waals surface area contributed by atoms with Crippen molar-refractivity contribution in [1.82, 2.24) is 10.2 Å². The van der Waals surface area contributed by atoms with Crippen LogP contribution in [0.2, 0.25) is 0 Å². The quantitative estimate of drug-likeness (QED) is 0.841. The van der Waals surface area contributed by atoms with Crippen molar-refractivity contribution in [1.29, 1.82) is 0 Å². The van der Waals surface area contributed by atoms with Gasteiger partial charge in [-0.2, -0.15) is 0 Å². The maximum Gasteiger partial charge on any atom is 0.208 e. The summed E-state index contributed by atoms with van der Waals surface area (Å²) < 4.78 is 0. The van der Waals surface area contributed by atoms with Crippen LogP contribution in [0.25, 0.3) is 0 Å². The molecule has 1 aromatic heterocycles. The molecule has 0 amide bonds. The van der Waals surface area contributed by atoms with Gasteiger partial charge in [-0.1, -0.05) is 23.5 Å². The number of nitrogens with zero attached hydrogens (tertiary/aromatic N) is 3. The van der Waals surface area contributed by atoms with Gasteiger partial charge in [0.1, 0.15) is 5.51 Å². The summed E-state index contributed by atoms with van der Waals surface area (Å²) in [5.41, 5.74) is 9.63. The lowest BCUT2D eigenvalue weighted by Crippen LogP contribution is -2.24. The second-order valence-electron chi connectivity index (χ2n) is 4.33. The Labute approximate surface area is 104 Å². The van der Waals surface area contributed by atoms with Crippen molar-refractivity contribution < 1.29 is 0 Å². The molecule has 0 saturated heterocycles. The van der Waals surface area contributed by atoms with Crippen molar-refractivity contribution in [3.8, 4) is 0 Å². The Morgan fingerprint density at radius 1 is 1.41 bits per heavy atom. The molecule has 1 fully saturated rings. The summed E-state index contributed by atoms with van der Waals surface area (Å²) in [7, 11) is 0. The highest BCUT2D eigenvalue weighted by Gasteiger charge is 2.30. The van der Waals surface area contributed by atoms with Crippen LogP contribution >= 0.6 is 11.3 Å². The lowest BCUT2D eigenvalue weighted by atomic mass is 10.2. The summed E-state index contributed by atoms with van der Waals surface area (Å²) in [5.74, 6) is 0. The molecule has 1 heterocycles. The molecular formula is C12H14N4S. The summed E-state index contributed by atoms with van der Waals surface area (Å²) in [4.78, 5) is 2.33. The van der Waals surface area contributed by atoms with Crippen LogP contribution in [-0.4, -0.2) is 16.2 Å². The Morgan fingerprint density at radius 2 is 2.29 bits per heavy atom. The fourth-order valence-electron chi connectivity index (χ4n) is 1.92. The summed E-state index contributed by atoms with van der Waals surface area (Å²) in [6.45, 7) is 0.866. The third kappa shape index (κ3) is 2.39. The molecule has 1 saturated carbocycles. The summed E-state index contributed by atoms with van der Waals surface area (Å²) >= 11 is 1.60. The van der Waals surface area contributed by atoms with Crippen LogP contribution in [0.1, 0.15) is 18.4 Å². The van der Waals surface area contributed by atoms with Gasteiger partial charge in [0, 0.05) is 18.3 Å². The van der Waals surface area contributed by atoms with Crippen molar-refractivity contribution in [2.45, 2.75) is 25.4 Å². The average molecular weight is 246 g/mol. The molecule has 0 spiro atoms. The molecule has 88 valence electrons. The van der Waals surface area contributed by atoms with Crippen LogP contribution in [0.5, 0.6) is 0 Å². The van der Waals surface area contributed by atoms with Crippen LogP contribution in [0.4, 0.5) is 10.8 Å². The molecule has 5 heteroatoms. The van der Waals surface area contributed by atoms with Crippen molar-refractivity contribution in [3.05, 3.63) is 35.3 Å². The molecule has 4 nitrogen and oxygen atoms in total. The normalized spacial score (nSPS) is 14.8. The molecule has 0 radical (unpaired) electrons. The van der Waals surface area contributed by atoms with Gasteiger partial charge in [0.15, 0.2) is 0 Å². The standard InChI is InChI=1S/C12H14N4S/c13-10-3-1-2-9(6-10)7-16(11-4-5-11)12-15-14-8-17-12/h1-3,6,8,11H,4-5,7,13H2. The molecule has 0 unspecified atom stereocenters. The molecule has 3 rings (SSSR count). The summed E-state index contributed by atoms with van der Waals surface area (Å²) in [6.07, 6.45) is 2.50. The van der Waals surface area contributed by atoms with E-state index in [1.54, 1.807) is 16.8 Å². The van der Waals surface area contributed by atoms with Gasteiger partial charge in [-0.05, 0) is 30.5 Å². The molecule has 0 aliphatic heterocycles. The molecule has 0 bridgehead atoms. The maximum absolute atomic E-state index is 5.80. The maximum atomic E-state index is 5.80. The van der Waals surface area contributed by atoms with Crippen molar-refractivity contribution in [2.75, 3.05) is 10.6 Å². The van der Waals surface area contributed by atoms with Gasteiger partial charge in [-0.3, -0.25) is 0 Å². The minimum atomic E-state index is 0.629. The van der Waals surface area contributed by atoms with Gasteiger partial charge in [0.25, 0.3) is 0 Å². The van der Waals surface area contributed by atoms with E-state index in [1.165, 1.54) is 18.4 Å². The van der Waals surface area contributed by atoms with E-state index in [0.29, 0.717) is 6.04 Å². The highest BCUT2D eigenvalue weighted by molar-refractivity contribution is 7.13.